The highest BCUT2D eigenvalue weighted by atomic mass is 14.3. The van der Waals surface area contributed by atoms with E-state index in [0.717, 1.165) is 11.8 Å². The van der Waals surface area contributed by atoms with Crippen LogP contribution in [0.5, 0.6) is 0 Å². The van der Waals surface area contributed by atoms with E-state index in [1.807, 2.05) is 0 Å². The Morgan fingerprint density at radius 2 is 2.00 bits per heavy atom. The van der Waals surface area contributed by atoms with Crippen LogP contribution in [0.15, 0.2) is 35.5 Å². The fourth-order valence-electron chi connectivity index (χ4n) is 2.41. The first-order valence-electron chi connectivity index (χ1n) is 5.32. The summed E-state index contributed by atoms with van der Waals surface area (Å²) < 4.78 is 0. The molecule has 0 aromatic rings. The van der Waals surface area contributed by atoms with Gasteiger partial charge in [0.05, 0.1) is 0 Å². The Bertz CT molecular complexity index is 276. The molecular formula is C13H18. The van der Waals surface area contributed by atoms with E-state index >= 15 is 0 Å². The number of hydrogen-bond donors (Lipinski definition) is 0. The van der Waals surface area contributed by atoms with Crippen LogP contribution in [0, 0.1) is 11.8 Å². The maximum atomic E-state index is 2.39. The molecule has 0 saturated carbocycles. The first-order chi connectivity index (χ1) is 6.29. The van der Waals surface area contributed by atoms with Gasteiger partial charge >= 0.3 is 0 Å². The minimum Gasteiger partial charge on any atom is -0.0873 e. The molecule has 0 heterocycles. The van der Waals surface area contributed by atoms with Gasteiger partial charge in [-0.1, -0.05) is 49.3 Å². The second kappa shape index (κ2) is 3.53. The molecule has 0 fully saturated rings. The summed E-state index contributed by atoms with van der Waals surface area (Å²) in [6.07, 6.45) is 13.0. The van der Waals surface area contributed by atoms with Gasteiger partial charge in [0.2, 0.25) is 0 Å². The highest BCUT2D eigenvalue weighted by Crippen LogP contribution is 2.36. The second-order valence-electron chi connectivity index (χ2n) is 4.36. The van der Waals surface area contributed by atoms with Crippen LogP contribution in [0.25, 0.3) is 0 Å². The second-order valence-corrected chi connectivity index (χ2v) is 4.36. The minimum atomic E-state index is 0.731. The van der Waals surface area contributed by atoms with Crippen molar-refractivity contribution in [3.63, 3.8) is 0 Å². The number of rotatable bonds is 1. The number of fused-ring (bicyclic) bond motifs is 1. The molecule has 13 heavy (non-hydrogen) atoms. The molecule has 1 unspecified atom stereocenters. The molecule has 1 atom stereocenters. The van der Waals surface area contributed by atoms with Gasteiger partial charge in [-0.2, -0.15) is 0 Å². The Labute approximate surface area is 81.0 Å². The van der Waals surface area contributed by atoms with Crippen molar-refractivity contribution in [3.05, 3.63) is 35.5 Å². The van der Waals surface area contributed by atoms with Crippen molar-refractivity contribution in [2.24, 2.45) is 11.8 Å². The van der Waals surface area contributed by atoms with Crippen LogP contribution in [0.4, 0.5) is 0 Å². The molecule has 0 saturated heterocycles. The van der Waals surface area contributed by atoms with Crippen molar-refractivity contribution in [1.82, 2.24) is 0 Å². The van der Waals surface area contributed by atoms with Crippen molar-refractivity contribution in [3.8, 4) is 0 Å². The summed E-state index contributed by atoms with van der Waals surface area (Å²) in [6, 6.07) is 0. The van der Waals surface area contributed by atoms with Gasteiger partial charge in [-0.3, -0.25) is 0 Å². The van der Waals surface area contributed by atoms with Crippen molar-refractivity contribution >= 4 is 0 Å². The third-order valence-electron chi connectivity index (χ3n) is 3.16. The Hall–Kier alpha value is -0.780. The molecule has 0 nitrogen and oxygen atoms in total. The molecule has 2 aliphatic rings. The maximum Gasteiger partial charge on any atom is 0.00173 e. The molecule has 2 rings (SSSR count). The maximum absolute atomic E-state index is 2.39. The fourth-order valence-corrected chi connectivity index (χ4v) is 2.41. The highest BCUT2D eigenvalue weighted by molar-refractivity contribution is 5.33. The smallest absolute Gasteiger partial charge is 0.00173 e. The molecule has 0 spiro atoms. The van der Waals surface area contributed by atoms with Crippen molar-refractivity contribution in [2.75, 3.05) is 0 Å². The summed E-state index contributed by atoms with van der Waals surface area (Å²) in [7, 11) is 0. The van der Waals surface area contributed by atoms with Crippen LogP contribution in [0.1, 0.15) is 33.1 Å². The summed E-state index contributed by atoms with van der Waals surface area (Å²) in [4.78, 5) is 0. The fraction of sp³-hybridized carbons (Fsp3) is 0.538. The molecule has 0 radical (unpaired) electrons. The Balaban J connectivity index is 2.32. The van der Waals surface area contributed by atoms with E-state index in [-0.39, 0.29) is 0 Å². The van der Waals surface area contributed by atoms with E-state index in [1.54, 1.807) is 11.1 Å². The van der Waals surface area contributed by atoms with Gasteiger partial charge in [0.25, 0.3) is 0 Å². The zero-order valence-electron chi connectivity index (χ0n) is 8.59. The Kier molecular flexibility index (Phi) is 2.39. The lowest BCUT2D eigenvalue weighted by Crippen LogP contribution is -2.12. The number of hydrogen-bond acceptors (Lipinski definition) is 0. The molecule has 0 heteroatoms. The molecule has 0 aromatic carbocycles. The van der Waals surface area contributed by atoms with Crippen molar-refractivity contribution in [2.45, 2.75) is 33.1 Å². The Morgan fingerprint density at radius 3 is 2.77 bits per heavy atom. The van der Waals surface area contributed by atoms with E-state index in [4.69, 9.17) is 0 Å². The van der Waals surface area contributed by atoms with Gasteiger partial charge in [0.1, 0.15) is 0 Å². The van der Waals surface area contributed by atoms with Crippen LogP contribution in [-0.2, 0) is 0 Å². The summed E-state index contributed by atoms with van der Waals surface area (Å²) in [5.74, 6) is 1.46. The minimum absolute atomic E-state index is 0.731. The third-order valence-corrected chi connectivity index (χ3v) is 3.16. The van der Waals surface area contributed by atoms with Crippen LogP contribution >= 0.6 is 0 Å². The van der Waals surface area contributed by atoms with Crippen LogP contribution in [0.2, 0.25) is 0 Å². The lowest BCUT2D eigenvalue weighted by atomic mass is 9.78. The van der Waals surface area contributed by atoms with Crippen LogP contribution in [0.3, 0.4) is 0 Å². The average molecular weight is 174 g/mol. The van der Waals surface area contributed by atoms with Gasteiger partial charge in [0, 0.05) is 5.92 Å². The van der Waals surface area contributed by atoms with Crippen LogP contribution in [-0.4, -0.2) is 0 Å². The topological polar surface area (TPSA) is 0 Å². The molecule has 0 aliphatic heterocycles. The lowest BCUT2D eigenvalue weighted by Gasteiger charge is -2.28. The SMILES string of the molecule is CC(C)C1=C2CC=CCC2C=CC1. The first kappa shape index (κ1) is 8.80. The third kappa shape index (κ3) is 1.63. The summed E-state index contributed by atoms with van der Waals surface area (Å²) in [5.41, 5.74) is 3.40. The van der Waals surface area contributed by atoms with E-state index in [1.165, 1.54) is 19.3 Å². The van der Waals surface area contributed by atoms with E-state index < -0.39 is 0 Å². The molecular weight excluding hydrogens is 156 g/mol. The monoisotopic (exact) mass is 174 g/mol. The van der Waals surface area contributed by atoms with Crippen molar-refractivity contribution < 1.29 is 0 Å². The molecule has 0 N–H and O–H groups in total. The highest BCUT2D eigenvalue weighted by Gasteiger charge is 2.20. The standard InChI is InChI=1S/C13H18/c1-10(2)12-9-5-7-11-6-3-4-8-13(11)12/h3-5,7,10-11H,6,8-9H2,1-2H3. The molecule has 70 valence electrons. The van der Waals surface area contributed by atoms with Gasteiger partial charge in [-0.15, -0.1) is 0 Å². The largest absolute Gasteiger partial charge is 0.0873 e. The summed E-state index contributed by atoms with van der Waals surface area (Å²) in [6.45, 7) is 4.63. The van der Waals surface area contributed by atoms with E-state index in [2.05, 4.69) is 38.2 Å². The van der Waals surface area contributed by atoms with E-state index in [9.17, 15) is 0 Å². The molecule has 2 aliphatic carbocycles. The molecule has 0 aromatic heterocycles. The molecule has 0 amide bonds. The molecule has 0 bridgehead atoms. The predicted octanol–water partition coefficient (Wildman–Crippen LogP) is 3.87. The zero-order chi connectivity index (χ0) is 9.26. The summed E-state index contributed by atoms with van der Waals surface area (Å²) in [5, 5.41) is 0. The van der Waals surface area contributed by atoms with Gasteiger partial charge in [-0.05, 0) is 25.2 Å². The quantitative estimate of drug-likeness (QED) is 0.529. The lowest BCUT2D eigenvalue weighted by molar-refractivity contribution is 0.638. The number of allylic oxidation sites excluding steroid dienone is 6. The normalized spacial score (nSPS) is 26.8. The van der Waals surface area contributed by atoms with Gasteiger partial charge in [-0.25, -0.2) is 0 Å². The average Bonchev–Trinajstić information content (AvgIpc) is 2.17. The van der Waals surface area contributed by atoms with Gasteiger partial charge < -0.3 is 0 Å². The van der Waals surface area contributed by atoms with E-state index in [0.29, 0.717) is 0 Å². The summed E-state index contributed by atoms with van der Waals surface area (Å²) >= 11 is 0. The van der Waals surface area contributed by atoms with Crippen molar-refractivity contribution in [1.29, 1.82) is 0 Å². The van der Waals surface area contributed by atoms with Crippen LogP contribution < -0.4 is 0 Å². The zero-order valence-corrected chi connectivity index (χ0v) is 8.59. The Morgan fingerprint density at radius 1 is 1.15 bits per heavy atom. The predicted molar refractivity (Wildman–Crippen MR) is 57.5 cm³/mol. The first-order valence-corrected chi connectivity index (χ1v) is 5.32. The van der Waals surface area contributed by atoms with Gasteiger partial charge in [0.15, 0.2) is 0 Å².